The standard InChI is InChI=1S/C11H17N3O2/c1-16-8-10(12)4-6-14-11(15)9-3-2-5-13-7-9/h2-3,5,7,10H,4,6,8,12H2,1H3,(H,14,15). The Labute approximate surface area is 95.0 Å². The zero-order valence-electron chi connectivity index (χ0n) is 9.35. The maximum atomic E-state index is 11.6. The first-order valence-corrected chi connectivity index (χ1v) is 5.16. The largest absolute Gasteiger partial charge is 0.383 e. The van der Waals surface area contributed by atoms with Crippen molar-refractivity contribution in [2.75, 3.05) is 20.3 Å². The molecule has 1 unspecified atom stereocenters. The van der Waals surface area contributed by atoms with Crippen LogP contribution in [-0.2, 0) is 4.74 Å². The Morgan fingerprint density at radius 2 is 2.50 bits per heavy atom. The molecule has 0 aromatic carbocycles. The van der Waals surface area contributed by atoms with Crippen LogP contribution in [0, 0.1) is 0 Å². The number of hydrogen-bond acceptors (Lipinski definition) is 4. The second kappa shape index (κ2) is 6.92. The lowest BCUT2D eigenvalue weighted by Gasteiger charge is -2.10. The van der Waals surface area contributed by atoms with Gasteiger partial charge in [0.1, 0.15) is 0 Å². The van der Waals surface area contributed by atoms with E-state index in [0.717, 1.165) is 0 Å². The maximum absolute atomic E-state index is 11.6. The molecule has 1 aromatic heterocycles. The van der Waals surface area contributed by atoms with E-state index in [1.165, 1.54) is 6.20 Å². The fourth-order valence-electron chi connectivity index (χ4n) is 1.27. The number of methoxy groups -OCH3 is 1. The van der Waals surface area contributed by atoms with Crippen molar-refractivity contribution in [3.05, 3.63) is 30.1 Å². The second-order valence-electron chi connectivity index (χ2n) is 3.50. The summed E-state index contributed by atoms with van der Waals surface area (Å²) in [6, 6.07) is 3.41. The van der Waals surface area contributed by atoms with Crippen molar-refractivity contribution in [2.24, 2.45) is 5.73 Å². The van der Waals surface area contributed by atoms with Crippen molar-refractivity contribution in [3.8, 4) is 0 Å². The minimum absolute atomic E-state index is 0.0424. The molecule has 0 aliphatic carbocycles. The molecule has 0 saturated carbocycles. The number of rotatable bonds is 6. The number of amides is 1. The van der Waals surface area contributed by atoms with Crippen LogP contribution < -0.4 is 11.1 Å². The highest BCUT2D eigenvalue weighted by molar-refractivity contribution is 5.93. The second-order valence-corrected chi connectivity index (χ2v) is 3.50. The molecule has 1 heterocycles. The van der Waals surface area contributed by atoms with E-state index in [1.807, 2.05) is 0 Å². The molecule has 16 heavy (non-hydrogen) atoms. The number of ether oxygens (including phenoxy) is 1. The normalized spacial score (nSPS) is 12.1. The van der Waals surface area contributed by atoms with E-state index in [-0.39, 0.29) is 11.9 Å². The molecule has 1 amide bonds. The Morgan fingerprint density at radius 1 is 1.69 bits per heavy atom. The van der Waals surface area contributed by atoms with Crippen LogP contribution in [0.3, 0.4) is 0 Å². The van der Waals surface area contributed by atoms with Gasteiger partial charge in [0.25, 0.3) is 5.91 Å². The van der Waals surface area contributed by atoms with E-state index < -0.39 is 0 Å². The number of hydrogen-bond donors (Lipinski definition) is 2. The lowest BCUT2D eigenvalue weighted by atomic mass is 10.2. The van der Waals surface area contributed by atoms with E-state index in [0.29, 0.717) is 25.1 Å². The Balaban J connectivity index is 2.26. The molecular formula is C11H17N3O2. The summed E-state index contributed by atoms with van der Waals surface area (Å²) in [4.78, 5) is 15.4. The van der Waals surface area contributed by atoms with Gasteiger partial charge >= 0.3 is 0 Å². The predicted octanol–water partition coefficient (Wildman–Crippen LogP) is 0.175. The summed E-state index contributed by atoms with van der Waals surface area (Å²) in [6.45, 7) is 1.04. The van der Waals surface area contributed by atoms with Gasteiger partial charge in [-0.05, 0) is 18.6 Å². The zero-order chi connectivity index (χ0) is 11.8. The van der Waals surface area contributed by atoms with Crippen LogP contribution in [0.5, 0.6) is 0 Å². The lowest BCUT2D eigenvalue weighted by Crippen LogP contribution is -2.32. The van der Waals surface area contributed by atoms with Gasteiger partial charge in [0.2, 0.25) is 0 Å². The summed E-state index contributed by atoms with van der Waals surface area (Å²) >= 11 is 0. The van der Waals surface area contributed by atoms with Gasteiger partial charge in [-0.25, -0.2) is 0 Å². The zero-order valence-corrected chi connectivity index (χ0v) is 9.35. The predicted molar refractivity (Wildman–Crippen MR) is 61.0 cm³/mol. The van der Waals surface area contributed by atoms with Gasteiger partial charge in [-0.2, -0.15) is 0 Å². The molecule has 1 aromatic rings. The first-order valence-electron chi connectivity index (χ1n) is 5.16. The molecular weight excluding hydrogens is 206 g/mol. The number of pyridine rings is 1. The molecule has 3 N–H and O–H groups in total. The quantitative estimate of drug-likeness (QED) is 0.721. The summed E-state index contributed by atoms with van der Waals surface area (Å²) < 4.78 is 4.90. The average Bonchev–Trinajstić information content (AvgIpc) is 2.30. The van der Waals surface area contributed by atoms with Crippen LogP contribution in [0.25, 0.3) is 0 Å². The molecule has 0 fully saturated rings. The molecule has 0 bridgehead atoms. The van der Waals surface area contributed by atoms with Crippen LogP contribution in [-0.4, -0.2) is 37.2 Å². The molecule has 88 valence electrons. The van der Waals surface area contributed by atoms with Crippen LogP contribution in [0.2, 0.25) is 0 Å². The van der Waals surface area contributed by atoms with Gasteiger partial charge < -0.3 is 15.8 Å². The summed E-state index contributed by atoms with van der Waals surface area (Å²) in [5, 5.41) is 2.77. The summed E-state index contributed by atoms with van der Waals surface area (Å²) in [6.07, 6.45) is 3.86. The molecule has 5 nitrogen and oxygen atoms in total. The number of carbonyl (C=O) groups excluding carboxylic acids is 1. The van der Waals surface area contributed by atoms with Crippen LogP contribution in [0.15, 0.2) is 24.5 Å². The minimum Gasteiger partial charge on any atom is -0.383 e. The summed E-state index contributed by atoms with van der Waals surface area (Å²) in [5.74, 6) is -0.127. The highest BCUT2D eigenvalue weighted by atomic mass is 16.5. The third-order valence-electron chi connectivity index (χ3n) is 2.11. The molecule has 5 heteroatoms. The van der Waals surface area contributed by atoms with Crippen LogP contribution in [0.1, 0.15) is 16.8 Å². The summed E-state index contributed by atoms with van der Waals surface area (Å²) in [5.41, 5.74) is 6.28. The van der Waals surface area contributed by atoms with Crippen LogP contribution >= 0.6 is 0 Å². The first-order chi connectivity index (χ1) is 7.74. The van der Waals surface area contributed by atoms with E-state index in [1.54, 1.807) is 25.4 Å². The molecule has 0 radical (unpaired) electrons. The van der Waals surface area contributed by atoms with Gasteiger partial charge in [-0.3, -0.25) is 9.78 Å². The average molecular weight is 223 g/mol. The Morgan fingerprint density at radius 3 is 3.12 bits per heavy atom. The molecule has 0 aliphatic rings. The van der Waals surface area contributed by atoms with Crippen molar-refractivity contribution in [1.29, 1.82) is 0 Å². The SMILES string of the molecule is COCC(N)CCNC(=O)c1cccnc1. The Kier molecular flexibility index (Phi) is 5.45. The number of aromatic nitrogens is 1. The molecule has 1 rings (SSSR count). The van der Waals surface area contributed by atoms with E-state index in [2.05, 4.69) is 10.3 Å². The smallest absolute Gasteiger partial charge is 0.252 e. The van der Waals surface area contributed by atoms with Gasteiger partial charge in [-0.1, -0.05) is 0 Å². The monoisotopic (exact) mass is 223 g/mol. The van der Waals surface area contributed by atoms with Gasteiger partial charge in [0, 0.05) is 32.1 Å². The van der Waals surface area contributed by atoms with Gasteiger partial charge in [0.15, 0.2) is 0 Å². The number of nitrogens with two attached hydrogens (primary N) is 1. The first kappa shape index (κ1) is 12.6. The molecule has 0 spiro atoms. The Hall–Kier alpha value is -1.46. The fraction of sp³-hybridized carbons (Fsp3) is 0.455. The van der Waals surface area contributed by atoms with E-state index in [9.17, 15) is 4.79 Å². The van der Waals surface area contributed by atoms with Crippen LogP contribution in [0.4, 0.5) is 0 Å². The van der Waals surface area contributed by atoms with Crippen molar-refractivity contribution < 1.29 is 9.53 Å². The third-order valence-corrected chi connectivity index (χ3v) is 2.11. The number of nitrogens with zero attached hydrogens (tertiary/aromatic N) is 1. The summed E-state index contributed by atoms with van der Waals surface area (Å²) in [7, 11) is 1.61. The lowest BCUT2D eigenvalue weighted by molar-refractivity contribution is 0.0950. The fourth-order valence-corrected chi connectivity index (χ4v) is 1.27. The number of carbonyl (C=O) groups is 1. The molecule has 0 saturated heterocycles. The van der Waals surface area contributed by atoms with Crippen molar-refractivity contribution in [3.63, 3.8) is 0 Å². The third kappa shape index (κ3) is 4.37. The maximum Gasteiger partial charge on any atom is 0.252 e. The van der Waals surface area contributed by atoms with Crippen molar-refractivity contribution >= 4 is 5.91 Å². The molecule has 1 atom stereocenters. The number of nitrogens with one attached hydrogen (secondary N) is 1. The van der Waals surface area contributed by atoms with Crippen molar-refractivity contribution in [1.82, 2.24) is 10.3 Å². The van der Waals surface area contributed by atoms with Crippen molar-refractivity contribution in [2.45, 2.75) is 12.5 Å². The molecule has 0 aliphatic heterocycles. The highest BCUT2D eigenvalue weighted by Crippen LogP contribution is 1.95. The van der Waals surface area contributed by atoms with E-state index >= 15 is 0 Å². The minimum atomic E-state index is -0.127. The topological polar surface area (TPSA) is 77.2 Å². The van der Waals surface area contributed by atoms with Gasteiger partial charge in [0.05, 0.1) is 12.2 Å². The van der Waals surface area contributed by atoms with Gasteiger partial charge in [-0.15, -0.1) is 0 Å². The highest BCUT2D eigenvalue weighted by Gasteiger charge is 2.06. The Bertz CT molecular complexity index is 316. The van der Waals surface area contributed by atoms with E-state index in [4.69, 9.17) is 10.5 Å².